The molecule has 1 aliphatic heterocycles. The predicted octanol–water partition coefficient (Wildman–Crippen LogP) is 0.806. The fourth-order valence-electron chi connectivity index (χ4n) is 2.97. The van der Waals surface area contributed by atoms with E-state index in [1.54, 1.807) is 29.1 Å². The first-order valence-corrected chi connectivity index (χ1v) is 8.63. The average Bonchev–Trinajstić information content (AvgIpc) is 3.20. The Morgan fingerprint density at radius 2 is 2.15 bits per heavy atom. The lowest BCUT2D eigenvalue weighted by molar-refractivity contribution is -0.384. The molecule has 0 saturated carbocycles. The minimum Gasteiger partial charge on any atom is -0.352 e. The molecule has 2 N–H and O–H groups in total. The summed E-state index contributed by atoms with van der Waals surface area (Å²) < 4.78 is 1.55. The lowest BCUT2D eigenvalue weighted by atomic mass is 10.1. The molecular weight excluding hydrogens is 336 g/mol. The Balaban J connectivity index is 1.58. The zero-order valence-electron chi connectivity index (χ0n) is 14.4. The van der Waals surface area contributed by atoms with Crippen molar-refractivity contribution in [2.75, 3.05) is 39.3 Å². The zero-order valence-corrected chi connectivity index (χ0v) is 14.4. The van der Waals surface area contributed by atoms with Crippen LogP contribution in [0.4, 0.5) is 5.69 Å². The first-order valence-electron chi connectivity index (χ1n) is 8.63. The number of hydrogen-bond donors (Lipinski definition) is 2. The molecule has 1 fully saturated rings. The summed E-state index contributed by atoms with van der Waals surface area (Å²) in [6.45, 7) is 5.52. The van der Waals surface area contributed by atoms with Crippen molar-refractivity contribution in [2.24, 2.45) is 0 Å². The van der Waals surface area contributed by atoms with Gasteiger partial charge in [0.2, 0.25) is 0 Å². The minimum atomic E-state index is -0.490. The number of imidazole rings is 1. The molecule has 1 aliphatic rings. The quantitative estimate of drug-likeness (QED) is 0.431. The van der Waals surface area contributed by atoms with Gasteiger partial charge in [0.1, 0.15) is 5.69 Å². The van der Waals surface area contributed by atoms with Crippen molar-refractivity contribution in [3.8, 4) is 5.69 Å². The molecule has 138 valence electrons. The molecule has 0 unspecified atom stereocenters. The lowest BCUT2D eigenvalue weighted by Gasteiger charge is -2.27. The van der Waals surface area contributed by atoms with Crippen LogP contribution in [0.15, 0.2) is 36.9 Å². The normalized spacial score (nSPS) is 14.9. The topological polar surface area (TPSA) is 105 Å². The van der Waals surface area contributed by atoms with E-state index in [9.17, 15) is 14.9 Å². The molecule has 0 aliphatic carbocycles. The summed E-state index contributed by atoms with van der Waals surface area (Å²) in [7, 11) is 0. The van der Waals surface area contributed by atoms with Crippen LogP contribution in [0, 0.1) is 10.1 Å². The fourth-order valence-corrected chi connectivity index (χ4v) is 2.97. The Bertz CT molecular complexity index is 756. The van der Waals surface area contributed by atoms with Gasteiger partial charge in [0.15, 0.2) is 0 Å². The van der Waals surface area contributed by atoms with Crippen molar-refractivity contribution < 1.29 is 9.72 Å². The maximum Gasteiger partial charge on any atom is 0.294 e. The number of amides is 1. The molecule has 1 aromatic heterocycles. The molecule has 2 aromatic rings. The van der Waals surface area contributed by atoms with E-state index in [0.717, 1.165) is 39.1 Å². The maximum absolute atomic E-state index is 12.3. The molecule has 0 spiro atoms. The zero-order chi connectivity index (χ0) is 18.4. The molecule has 26 heavy (non-hydrogen) atoms. The highest BCUT2D eigenvalue weighted by Crippen LogP contribution is 2.24. The molecule has 1 saturated heterocycles. The summed E-state index contributed by atoms with van der Waals surface area (Å²) in [5.41, 5.74) is 0.530. The van der Waals surface area contributed by atoms with Gasteiger partial charge >= 0.3 is 0 Å². The van der Waals surface area contributed by atoms with Crippen LogP contribution in [0.2, 0.25) is 0 Å². The van der Waals surface area contributed by atoms with Gasteiger partial charge < -0.3 is 20.1 Å². The standard InChI is InChI=1S/C17H22N6O3/c24-17(20-4-1-8-21-9-5-18-6-10-21)14-2-3-15(16(12-14)23(25)26)22-11-7-19-13-22/h2-3,7,11-13,18H,1,4-6,8-10H2,(H,20,24). The summed E-state index contributed by atoms with van der Waals surface area (Å²) in [5, 5.41) is 17.5. The van der Waals surface area contributed by atoms with Crippen molar-refractivity contribution in [1.82, 2.24) is 25.1 Å². The summed E-state index contributed by atoms with van der Waals surface area (Å²) in [4.78, 5) is 29.4. The molecule has 9 nitrogen and oxygen atoms in total. The minimum absolute atomic E-state index is 0.128. The maximum atomic E-state index is 12.3. The smallest absolute Gasteiger partial charge is 0.294 e. The van der Waals surface area contributed by atoms with Gasteiger partial charge in [-0.3, -0.25) is 14.9 Å². The Morgan fingerprint density at radius 1 is 1.35 bits per heavy atom. The largest absolute Gasteiger partial charge is 0.352 e. The van der Waals surface area contributed by atoms with E-state index in [4.69, 9.17) is 0 Å². The molecule has 1 amide bonds. The SMILES string of the molecule is O=C(NCCCN1CCNCC1)c1ccc(-n2ccnc2)c([N+](=O)[O-])c1. The highest BCUT2D eigenvalue weighted by Gasteiger charge is 2.18. The van der Waals surface area contributed by atoms with Gasteiger partial charge in [-0.05, 0) is 25.1 Å². The molecule has 0 atom stereocenters. The average molecular weight is 358 g/mol. The van der Waals surface area contributed by atoms with Gasteiger partial charge in [-0.15, -0.1) is 0 Å². The number of hydrogen-bond acceptors (Lipinski definition) is 6. The van der Waals surface area contributed by atoms with Crippen LogP contribution in [0.25, 0.3) is 5.69 Å². The van der Waals surface area contributed by atoms with Gasteiger partial charge in [-0.25, -0.2) is 4.98 Å². The number of carbonyl (C=O) groups is 1. The Hall–Kier alpha value is -2.78. The summed E-state index contributed by atoms with van der Waals surface area (Å²) >= 11 is 0. The van der Waals surface area contributed by atoms with E-state index in [-0.39, 0.29) is 17.2 Å². The molecular formula is C17H22N6O3. The van der Waals surface area contributed by atoms with Gasteiger partial charge in [-0.1, -0.05) is 0 Å². The third kappa shape index (κ3) is 4.44. The monoisotopic (exact) mass is 358 g/mol. The predicted molar refractivity (Wildman–Crippen MR) is 96.5 cm³/mol. The van der Waals surface area contributed by atoms with Crippen LogP contribution >= 0.6 is 0 Å². The lowest BCUT2D eigenvalue weighted by Crippen LogP contribution is -2.44. The number of rotatable bonds is 7. The molecule has 0 radical (unpaired) electrons. The highest BCUT2D eigenvalue weighted by atomic mass is 16.6. The first-order chi connectivity index (χ1) is 12.6. The number of benzene rings is 1. The Kier molecular flexibility index (Phi) is 5.92. The Labute approximate surface area is 151 Å². The van der Waals surface area contributed by atoms with Crippen LogP contribution < -0.4 is 10.6 Å². The summed E-state index contributed by atoms with van der Waals surface area (Å²) in [5.74, 6) is -0.300. The molecule has 1 aromatic carbocycles. The number of aromatic nitrogens is 2. The van der Waals surface area contributed by atoms with Crippen LogP contribution in [-0.2, 0) is 0 Å². The Morgan fingerprint density at radius 3 is 2.85 bits per heavy atom. The summed E-state index contributed by atoms with van der Waals surface area (Å²) in [6, 6.07) is 4.46. The number of nitro benzene ring substituents is 1. The molecule has 9 heteroatoms. The second-order valence-corrected chi connectivity index (χ2v) is 6.13. The van der Waals surface area contributed by atoms with E-state index in [0.29, 0.717) is 12.2 Å². The van der Waals surface area contributed by atoms with E-state index in [1.165, 1.54) is 12.4 Å². The number of nitro groups is 1. The van der Waals surface area contributed by atoms with Crippen LogP contribution in [-0.4, -0.2) is 64.6 Å². The summed E-state index contributed by atoms with van der Waals surface area (Å²) in [6.07, 6.45) is 5.50. The first kappa shape index (κ1) is 18.0. The molecule has 2 heterocycles. The van der Waals surface area contributed by atoms with Crippen molar-refractivity contribution >= 4 is 11.6 Å². The second kappa shape index (κ2) is 8.54. The fraction of sp³-hybridized carbons (Fsp3) is 0.412. The van der Waals surface area contributed by atoms with Crippen molar-refractivity contribution in [2.45, 2.75) is 6.42 Å². The highest BCUT2D eigenvalue weighted by molar-refractivity contribution is 5.95. The number of nitrogens with zero attached hydrogens (tertiary/aromatic N) is 4. The van der Waals surface area contributed by atoms with Crippen molar-refractivity contribution in [1.29, 1.82) is 0 Å². The number of nitrogens with one attached hydrogen (secondary N) is 2. The van der Waals surface area contributed by atoms with Crippen molar-refractivity contribution in [3.05, 3.63) is 52.6 Å². The van der Waals surface area contributed by atoms with E-state index in [1.807, 2.05) is 0 Å². The second-order valence-electron chi connectivity index (χ2n) is 6.13. The van der Waals surface area contributed by atoms with Crippen LogP contribution in [0.3, 0.4) is 0 Å². The van der Waals surface area contributed by atoms with Gasteiger partial charge in [0, 0.05) is 56.7 Å². The number of carbonyl (C=O) groups excluding carboxylic acids is 1. The third-order valence-electron chi connectivity index (χ3n) is 4.36. The van der Waals surface area contributed by atoms with Gasteiger partial charge in [-0.2, -0.15) is 0 Å². The van der Waals surface area contributed by atoms with E-state index >= 15 is 0 Å². The van der Waals surface area contributed by atoms with Crippen LogP contribution in [0.5, 0.6) is 0 Å². The van der Waals surface area contributed by atoms with Crippen molar-refractivity contribution in [3.63, 3.8) is 0 Å². The molecule has 0 bridgehead atoms. The molecule has 3 rings (SSSR count). The van der Waals surface area contributed by atoms with Crippen LogP contribution in [0.1, 0.15) is 16.8 Å². The third-order valence-corrected chi connectivity index (χ3v) is 4.36. The van der Waals surface area contributed by atoms with Gasteiger partial charge in [0.25, 0.3) is 11.6 Å². The van der Waals surface area contributed by atoms with E-state index in [2.05, 4.69) is 20.5 Å². The van der Waals surface area contributed by atoms with E-state index < -0.39 is 4.92 Å². The van der Waals surface area contributed by atoms with Gasteiger partial charge in [0.05, 0.1) is 11.3 Å². The number of piperazine rings is 1.